The Morgan fingerprint density at radius 3 is 2.77 bits per heavy atom. The smallest absolute Gasteiger partial charge is 0.312 e. The van der Waals surface area contributed by atoms with Gasteiger partial charge in [-0.1, -0.05) is 23.3 Å². The van der Waals surface area contributed by atoms with Crippen LogP contribution in [0.2, 0.25) is 0 Å². The number of rotatable bonds is 3. The van der Waals surface area contributed by atoms with E-state index in [9.17, 15) is 9.90 Å². The molecule has 2 fully saturated rings. The van der Waals surface area contributed by atoms with E-state index >= 15 is 0 Å². The average molecular weight is 364 g/mol. The molecule has 5 nitrogen and oxygen atoms in total. The summed E-state index contributed by atoms with van der Waals surface area (Å²) < 4.78 is 17.0. The van der Waals surface area contributed by atoms with Gasteiger partial charge in [-0.2, -0.15) is 0 Å². The predicted molar refractivity (Wildman–Crippen MR) is 98.6 cm³/mol. The number of methoxy groups -OCH3 is 1. The lowest BCUT2D eigenvalue weighted by atomic mass is 9.81. The summed E-state index contributed by atoms with van der Waals surface area (Å²) in [4.78, 5) is 12.4. The molecule has 2 heterocycles. The lowest BCUT2D eigenvalue weighted by molar-refractivity contribution is -0.145. The van der Waals surface area contributed by atoms with Crippen LogP contribution in [0.1, 0.15) is 52.4 Å². The van der Waals surface area contributed by atoms with Crippen LogP contribution in [0.4, 0.5) is 0 Å². The van der Waals surface area contributed by atoms with Crippen molar-refractivity contribution in [3.05, 3.63) is 23.3 Å². The van der Waals surface area contributed by atoms with Gasteiger partial charge in [-0.05, 0) is 46.0 Å². The Labute approximate surface area is 156 Å². The van der Waals surface area contributed by atoms with Gasteiger partial charge in [0.05, 0.1) is 25.2 Å². The van der Waals surface area contributed by atoms with E-state index in [-0.39, 0.29) is 36.6 Å². The van der Waals surface area contributed by atoms with E-state index in [2.05, 4.69) is 26.0 Å². The summed E-state index contributed by atoms with van der Waals surface area (Å²) in [6.07, 6.45) is 9.68. The zero-order valence-electron chi connectivity index (χ0n) is 16.2. The van der Waals surface area contributed by atoms with E-state index in [4.69, 9.17) is 14.2 Å². The number of allylic oxidation sites excluding steroid dienone is 3. The maximum absolute atomic E-state index is 12.4. The molecule has 0 aromatic rings. The second-order valence-corrected chi connectivity index (χ2v) is 8.15. The van der Waals surface area contributed by atoms with Gasteiger partial charge in [-0.3, -0.25) is 4.79 Å². The molecule has 0 bridgehead atoms. The highest BCUT2D eigenvalue weighted by Gasteiger charge is 2.58. The number of ether oxygens (including phenoxy) is 3. The van der Waals surface area contributed by atoms with Gasteiger partial charge in [0, 0.05) is 19.4 Å². The number of hydrogen-bond donors (Lipinski definition) is 1. The molecule has 0 aromatic heterocycles. The molecule has 5 heteroatoms. The van der Waals surface area contributed by atoms with Crippen LogP contribution in [-0.2, 0) is 19.0 Å². The van der Waals surface area contributed by atoms with E-state index in [0.29, 0.717) is 6.61 Å². The summed E-state index contributed by atoms with van der Waals surface area (Å²) in [5, 5.41) is 9.89. The van der Waals surface area contributed by atoms with E-state index in [1.165, 1.54) is 11.1 Å². The number of fused-ring (bicyclic) bond motifs is 2. The third-order valence-corrected chi connectivity index (χ3v) is 6.19. The van der Waals surface area contributed by atoms with Crippen molar-refractivity contribution < 1.29 is 24.1 Å². The fraction of sp³-hybridized carbons (Fsp3) is 0.762. The number of carbonyl (C=O) groups is 1. The number of epoxide rings is 1. The molecule has 2 aliphatic heterocycles. The fourth-order valence-electron chi connectivity index (χ4n) is 4.45. The first kappa shape index (κ1) is 19.6. The lowest BCUT2D eigenvalue weighted by Crippen LogP contribution is -2.29. The van der Waals surface area contributed by atoms with Gasteiger partial charge in [-0.25, -0.2) is 0 Å². The molecule has 1 aliphatic carbocycles. The summed E-state index contributed by atoms with van der Waals surface area (Å²) in [6, 6.07) is 0. The fourth-order valence-corrected chi connectivity index (χ4v) is 4.45. The van der Waals surface area contributed by atoms with Crippen molar-refractivity contribution in [2.24, 2.45) is 11.8 Å². The normalized spacial score (nSPS) is 38.4. The molecule has 0 aromatic carbocycles. The Bertz CT molecular complexity index is 581. The first-order chi connectivity index (χ1) is 12.5. The maximum atomic E-state index is 12.4. The van der Waals surface area contributed by atoms with Crippen molar-refractivity contribution >= 4 is 5.97 Å². The van der Waals surface area contributed by atoms with Crippen LogP contribution < -0.4 is 0 Å². The van der Waals surface area contributed by atoms with Crippen molar-refractivity contribution in [2.45, 2.75) is 70.2 Å². The monoisotopic (exact) mass is 364 g/mol. The number of carbonyl (C=O) groups excluding carboxylic acids is 1. The summed E-state index contributed by atoms with van der Waals surface area (Å²) in [6.45, 7) is 4.69. The molecule has 0 saturated carbocycles. The van der Waals surface area contributed by atoms with E-state index < -0.39 is 5.60 Å². The highest BCUT2D eigenvalue weighted by molar-refractivity contribution is 5.75. The van der Waals surface area contributed by atoms with E-state index in [1.807, 2.05) is 0 Å². The van der Waals surface area contributed by atoms with Gasteiger partial charge < -0.3 is 19.3 Å². The minimum atomic E-state index is -0.445. The largest absolute Gasteiger partial charge is 0.461 e. The molecule has 3 rings (SSSR count). The second-order valence-electron chi connectivity index (χ2n) is 8.15. The van der Waals surface area contributed by atoms with Gasteiger partial charge in [0.15, 0.2) is 0 Å². The average Bonchev–Trinajstić information content (AvgIpc) is 3.21. The van der Waals surface area contributed by atoms with Crippen LogP contribution in [0.25, 0.3) is 0 Å². The highest BCUT2D eigenvalue weighted by Crippen LogP contribution is 2.48. The van der Waals surface area contributed by atoms with E-state index in [0.717, 1.165) is 38.5 Å². The van der Waals surface area contributed by atoms with Crippen LogP contribution in [0.15, 0.2) is 23.3 Å². The molecule has 1 N–H and O–H groups in total. The second kappa shape index (κ2) is 8.24. The Balaban J connectivity index is 1.81. The maximum Gasteiger partial charge on any atom is 0.312 e. The summed E-state index contributed by atoms with van der Waals surface area (Å²) in [5.74, 6) is -0.329. The standard InChI is InChI=1S/C21H32O5/c1-14-6-4-7-15(2)10-18-16(17(12-24-3)20(23)25-18)11-19-21(13-22,26-19)9-5-8-14/h7-8,16-19,22H,4-6,9-13H2,1-3H3. The molecular weight excluding hydrogens is 332 g/mol. The lowest BCUT2D eigenvalue weighted by Gasteiger charge is -2.21. The summed E-state index contributed by atoms with van der Waals surface area (Å²) in [5.41, 5.74) is 2.20. The molecule has 0 amide bonds. The molecule has 0 radical (unpaired) electrons. The van der Waals surface area contributed by atoms with Crippen molar-refractivity contribution in [1.82, 2.24) is 0 Å². The number of aliphatic hydroxyl groups excluding tert-OH is 1. The van der Waals surface area contributed by atoms with E-state index in [1.54, 1.807) is 7.11 Å². The zero-order valence-corrected chi connectivity index (χ0v) is 16.2. The van der Waals surface area contributed by atoms with Gasteiger partial charge in [-0.15, -0.1) is 0 Å². The third kappa shape index (κ3) is 4.21. The SMILES string of the molecule is COCC1C(=O)OC2CC(C)=CCCC(C)=CCCC3(CO)OC3CC21. The molecule has 0 spiro atoms. The number of hydrogen-bond acceptors (Lipinski definition) is 5. The van der Waals surface area contributed by atoms with Crippen LogP contribution >= 0.6 is 0 Å². The molecule has 2 saturated heterocycles. The molecule has 146 valence electrons. The van der Waals surface area contributed by atoms with Crippen molar-refractivity contribution in [3.63, 3.8) is 0 Å². The minimum absolute atomic E-state index is 0.00483. The van der Waals surface area contributed by atoms with Crippen LogP contribution in [0, 0.1) is 11.8 Å². The first-order valence-electron chi connectivity index (χ1n) is 9.78. The molecule has 26 heavy (non-hydrogen) atoms. The molecular formula is C21H32O5. The van der Waals surface area contributed by atoms with Gasteiger partial charge in [0.1, 0.15) is 11.7 Å². The summed E-state index contributed by atoms with van der Waals surface area (Å²) in [7, 11) is 1.62. The third-order valence-electron chi connectivity index (χ3n) is 6.19. The Morgan fingerprint density at radius 1 is 1.27 bits per heavy atom. The number of esters is 1. The molecule has 3 aliphatic rings. The Kier molecular flexibility index (Phi) is 6.21. The van der Waals surface area contributed by atoms with Crippen LogP contribution in [0.3, 0.4) is 0 Å². The molecule has 5 atom stereocenters. The topological polar surface area (TPSA) is 68.3 Å². The van der Waals surface area contributed by atoms with Gasteiger partial charge >= 0.3 is 5.97 Å². The van der Waals surface area contributed by atoms with Crippen molar-refractivity contribution in [1.29, 1.82) is 0 Å². The Morgan fingerprint density at radius 2 is 2.04 bits per heavy atom. The summed E-state index contributed by atoms with van der Waals surface area (Å²) >= 11 is 0. The quantitative estimate of drug-likeness (QED) is 0.473. The number of aliphatic hydroxyl groups is 1. The minimum Gasteiger partial charge on any atom is -0.461 e. The molecule has 5 unspecified atom stereocenters. The van der Waals surface area contributed by atoms with Crippen molar-refractivity contribution in [3.8, 4) is 0 Å². The van der Waals surface area contributed by atoms with Crippen LogP contribution in [-0.4, -0.2) is 49.2 Å². The predicted octanol–water partition coefficient (Wildman–Crippen LogP) is 3.17. The van der Waals surface area contributed by atoms with Crippen LogP contribution in [0.5, 0.6) is 0 Å². The Hall–Kier alpha value is -1.17. The van der Waals surface area contributed by atoms with Gasteiger partial charge in [0.25, 0.3) is 0 Å². The zero-order chi connectivity index (χ0) is 18.7. The van der Waals surface area contributed by atoms with Gasteiger partial charge in [0.2, 0.25) is 0 Å². The first-order valence-corrected chi connectivity index (χ1v) is 9.78. The van der Waals surface area contributed by atoms with Crippen molar-refractivity contribution in [2.75, 3.05) is 20.3 Å². The highest BCUT2D eigenvalue weighted by atomic mass is 16.6.